The second-order valence-electron chi connectivity index (χ2n) is 5.47. The highest BCUT2D eigenvalue weighted by molar-refractivity contribution is 7.10. The maximum Gasteiger partial charge on any atom is 0.170 e. The van der Waals surface area contributed by atoms with Crippen molar-refractivity contribution in [2.75, 3.05) is 13.2 Å². The summed E-state index contributed by atoms with van der Waals surface area (Å²) in [6.07, 6.45) is 3.14. The zero-order valence-corrected chi connectivity index (χ0v) is 12.4. The lowest BCUT2D eigenvalue weighted by Crippen LogP contribution is -2.19. The SMILES string of the molecule is O=C(c1ccc2c(c1)OCCO2)C1CCCc2sccc21. The Balaban J connectivity index is 1.67. The number of aryl methyl sites for hydroxylation is 1. The third-order valence-electron chi connectivity index (χ3n) is 4.20. The Labute approximate surface area is 127 Å². The quantitative estimate of drug-likeness (QED) is 0.791. The lowest BCUT2D eigenvalue weighted by Gasteiger charge is -2.23. The van der Waals surface area contributed by atoms with Crippen LogP contribution in [0.25, 0.3) is 0 Å². The molecule has 3 nitrogen and oxygen atoms in total. The van der Waals surface area contributed by atoms with E-state index in [1.54, 1.807) is 11.3 Å². The first kappa shape index (κ1) is 12.9. The molecule has 2 heterocycles. The van der Waals surface area contributed by atoms with Crippen LogP contribution in [-0.4, -0.2) is 19.0 Å². The summed E-state index contributed by atoms with van der Waals surface area (Å²) < 4.78 is 11.1. The van der Waals surface area contributed by atoms with Gasteiger partial charge >= 0.3 is 0 Å². The topological polar surface area (TPSA) is 35.5 Å². The van der Waals surface area contributed by atoms with Crippen molar-refractivity contribution in [2.24, 2.45) is 0 Å². The molecule has 2 aliphatic rings. The Morgan fingerprint density at radius 1 is 1.14 bits per heavy atom. The van der Waals surface area contributed by atoms with Crippen LogP contribution in [0.5, 0.6) is 11.5 Å². The van der Waals surface area contributed by atoms with Gasteiger partial charge in [0, 0.05) is 16.4 Å². The van der Waals surface area contributed by atoms with Crippen LogP contribution in [0.15, 0.2) is 29.6 Å². The van der Waals surface area contributed by atoms with Crippen LogP contribution in [-0.2, 0) is 6.42 Å². The fourth-order valence-electron chi connectivity index (χ4n) is 3.16. The highest BCUT2D eigenvalue weighted by atomic mass is 32.1. The first-order valence-electron chi connectivity index (χ1n) is 7.33. The van der Waals surface area contributed by atoms with E-state index in [1.165, 1.54) is 10.4 Å². The van der Waals surface area contributed by atoms with Crippen LogP contribution in [0.4, 0.5) is 0 Å². The molecule has 2 aromatic rings. The third-order valence-corrected chi connectivity index (χ3v) is 5.19. The van der Waals surface area contributed by atoms with Crippen molar-refractivity contribution in [3.63, 3.8) is 0 Å². The Kier molecular flexibility index (Phi) is 3.19. The molecule has 0 amide bonds. The van der Waals surface area contributed by atoms with Crippen LogP contribution in [0.3, 0.4) is 0 Å². The average Bonchev–Trinajstić information content (AvgIpc) is 3.02. The number of ether oxygens (including phenoxy) is 2. The fraction of sp³-hybridized carbons (Fsp3) is 0.353. The Morgan fingerprint density at radius 3 is 2.90 bits per heavy atom. The van der Waals surface area contributed by atoms with Crippen molar-refractivity contribution >= 4 is 17.1 Å². The lowest BCUT2D eigenvalue weighted by atomic mass is 9.82. The van der Waals surface area contributed by atoms with Gasteiger partial charge in [-0.1, -0.05) is 0 Å². The minimum atomic E-state index is 0.00237. The van der Waals surface area contributed by atoms with Crippen molar-refractivity contribution in [3.05, 3.63) is 45.6 Å². The minimum Gasteiger partial charge on any atom is -0.486 e. The number of carbonyl (C=O) groups is 1. The first-order valence-corrected chi connectivity index (χ1v) is 8.21. The summed E-state index contributed by atoms with van der Waals surface area (Å²) in [7, 11) is 0. The average molecular weight is 300 g/mol. The van der Waals surface area contributed by atoms with Crippen LogP contribution < -0.4 is 9.47 Å². The zero-order valence-electron chi connectivity index (χ0n) is 11.6. The van der Waals surface area contributed by atoms with E-state index in [4.69, 9.17) is 9.47 Å². The van der Waals surface area contributed by atoms with E-state index < -0.39 is 0 Å². The van der Waals surface area contributed by atoms with Gasteiger partial charge in [0.2, 0.25) is 0 Å². The second kappa shape index (κ2) is 5.19. The van der Waals surface area contributed by atoms with E-state index in [-0.39, 0.29) is 11.7 Å². The van der Waals surface area contributed by atoms with Gasteiger partial charge in [0.1, 0.15) is 13.2 Å². The number of benzene rings is 1. The maximum atomic E-state index is 12.9. The van der Waals surface area contributed by atoms with Crippen molar-refractivity contribution in [3.8, 4) is 11.5 Å². The summed E-state index contributed by atoms with van der Waals surface area (Å²) in [6.45, 7) is 1.12. The van der Waals surface area contributed by atoms with Gasteiger partial charge in [-0.2, -0.15) is 0 Å². The fourth-order valence-corrected chi connectivity index (χ4v) is 4.14. The molecule has 1 aromatic carbocycles. The number of ketones is 1. The summed E-state index contributed by atoms with van der Waals surface area (Å²) in [4.78, 5) is 14.2. The summed E-state index contributed by atoms with van der Waals surface area (Å²) in [5, 5.41) is 2.10. The number of carbonyl (C=O) groups excluding carboxylic acids is 1. The van der Waals surface area contributed by atoms with Gasteiger partial charge in [-0.15, -0.1) is 11.3 Å². The molecule has 108 valence electrons. The van der Waals surface area contributed by atoms with Gasteiger partial charge in [-0.3, -0.25) is 4.79 Å². The summed E-state index contributed by atoms with van der Waals surface area (Å²) in [6, 6.07) is 7.65. The maximum absolute atomic E-state index is 12.9. The molecule has 1 atom stereocenters. The van der Waals surface area contributed by atoms with Gasteiger partial charge in [0.15, 0.2) is 17.3 Å². The van der Waals surface area contributed by atoms with Gasteiger partial charge in [-0.25, -0.2) is 0 Å². The Morgan fingerprint density at radius 2 is 2.00 bits per heavy atom. The molecule has 21 heavy (non-hydrogen) atoms. The van der Waals surface area contributed by atoms with E-state index in [1.807, 2.05) is 18.2 Å². The van der Waals surface area contributed by atoms with Crippen molar-refractivity contribution in [2.45, 2.75) is 25.2 Å². The molecule has 4 heteroatoms. The Hall–Kier alpha value is -1.81. The largest absolute Gasteiger partial charge is 0.486 e. The van der Waals surface area contributed by atoms with Crippen molar-refractivity contribution in [1.82, 2.24) is 0 Å². The number of thiophene rings is 1. The predicted octanol–water partition coefficient (Wildman–Crippen LogP) is 3.82. The summed E-state index contributed by atoms with van der Waals surface area (Å²) in [5.74, 6) is 1.63. The zero-order chi connectivity index (χ0) is 14.2. The molecule has 0 saturated heterocycles. The number of Topliss-reactive ketones (excluding diaryl/α,β-unsaturated/α-hetero) is 1. The van der Waals surface area contributed by atoms with E-state index >= 15 is 0 Å². The van der Waals surface area contributed by atoms with Crippen LogP contribution >= 0.6 is 11.3 Å². The van der Waals surface area contributed by atoms with Gasteiger partial charge in [0.25, 0.3) is 0 Å². The van der Waals surface area contributed by atoms with Crippen LogP contribution in [0.2, 0.25) is 0 Å². The molecule has 0 saturated carbocycles. The number of fused-ring (bicyclic) bond motifs is 2. The first-order chi connectivity index (χ1) is 10.3. The molecule has 0 radical (unpaired) electrons. The Bertz CT molecular complexity index is 689. The van der Waals surface area contributed by atoms with E-state index in [2.05, 4.69) is 11.4 Å². The number of hydrogen-bond donors (Lipinski definition) is 0. The number of hydrogen-bond acceptors (Lipinski definition) is 4. The third kappa shape index (κ3) is 2.23. The standard InChI is InChI=1S/C17H16O3S/c18-17(13-2-1-3-16-12(13)6-9-21-16)11-4-5-14-15(10-11)20-8-7-19-14/h4-6,9-10,13H,1-3,7-8H2. The molecule has 4 rings (SSSR count). The highest BCUT2D eigenvalue weighted by Gasteiger charge is 2.28. The normalized spacial score (nSPS) is 19.9. The lowest BCUT2D eigenvalue weighted by molar-refractivity contribution is 0.0950. The molecule has 1 unspecified atom stereocenters. The number of rotatable bonds is 2. The molecular formula is C17H16O3S. The van der Waals surface area contributed by atoms with E-state index in [0.29, 0.717) is 19.0 Å². The smallest absolute Gasteiger partial charge is 0.170 e. The predicted molar refractivity (Wildman–Crippen MR) is 81.8 cm³/mol. The summed E-state index contributed by atoms with van der Waals surface area (Å²) in [5.41, 5.74) is 1.95. The van der Waals surface area contributed by atoms with Gasteiger partial charge in [0.05, 0.1) is 0 Å². The van der Waals surface area contributed by atoms with Gasteiger partial charge < -0.3 is 9.47 Å². The second-order valence-corrected chi connectivity index (χ2v) is 6.47. The van der Waals surface area contributed by atoms with Crippen molar-refractivity contribution < 1.29 is 14.3 Å². The van der Waals surface area contributed by atoms with Crippen LogP contribution in [0.1, 0.15) is 39.6 Å². The highest BCUT2D eigenvalue weighted by Crippen LogP contribution is 2.38. The van der Waals surface area contributed by atoms with Crippen molar-refractivity contribution in [1.29, 1.82) is 0 Å². The molecule has 1 aliphatic carbocycles. The minimum absolute atomic E-state index is 0.00237. The molecular weight excluding hydrogens is 284 g/mol. The monoisotopic (exact) mass is 300 g/mol. The van der Waals surface area contributed by atoms with E-state index in [0.717, 1.165) is 30.6 Å². The molecule has 0 spiro atoms. The molecule has 1 aliphatic heterocycles. The molecule has 1 aromatic heterocycles. The van der Waals surface area contributed by atoms with Gasteiger partial charge in [-0.05, 0) is 54.5 Å². The van der Waals surface area contributed by atoms with E-state index in [9.17, 15) is 4.79 Å². The van der Waals surface area contributed by atoms with Crippen LogP contribution in [0, 0.1) is 0 Å². The molecule has 0 bridgehead atoms. The molecule has 0 N–H and O–H groups in total. The summed E-state index contributed by atoms with van der Waals surface area (Å²) >= 11 is 1.77. The molecule has 0 fully saturated rings.